The van der Waals surface area contributed by atoms with E-state index in [4.69, 9.17) is 5.26 Å². The zero-order valence-electron chi connectivity index (χ0n) is 9.29. The first kappa shape index (κ1) is 12.1. The lowest BCUT2D eigenvalue weighted by molar-refractivity contribution is 0.701. The van der Waals surface area contributed by atoms with Crippen molar-refractivity contribution in [2.24, 2.45) is 0 Å². The minimum absolute atomic E-state index is 0.231. The second-order valence-electron chi connectivity index (χ2n) is 3.78. The molecule has 1 aromatic carbocycles. The molecular formula is C12H15BrN2. The Morgan fingerprint density at radius 1 is 1.53 bits per heavy atom. The minimum Gasteiger partial charge on any atom is -0.370 e. The van der Waals surface area contributed by atoms with Gasteiger partial charge in [-0.15, -0.1) is 0 Å². The molecule has 0 bridgehead atoms. The molecule has 0 saturated heterocycles. The molecule has 0 fully saturated rings. The lowest BCUT2D eigenvalue weighted by Crippen LogP contribution is -2.28. The number of rotatable bonds is 3. The summed E-state index contributed by atoms with van der Waals surface area (Å²) in [6.45, 7) is 4.11. The van der Waals surface area contributed by atoms with E-state index >= 15 is 0 Å². The van der Waals surface area contributed by atoms with E-state index in [1.165, 1.54) is 5.56 Å². The van der Waals surface area contributed by atoms with Crippen molar-refractivity contribution in [1.82, 2.24) is 0 Å². The Hall–Kier alpha value is -1.01. The Labute approximate surface area is 99.6 Å². The summed E-state index contributed by atoms with van der Waals surface area (Å²) in [4.78, 5) is 2.12. The molecule has 1 aromatic rings. The molecule has 0 saturated carbocycles. The van der Waals surface area contributed by atoms with E-state index in [-0.39, 0.29) is 6.04 Å². The van der Waals surface area contributed by atoms with Crippen LogP contribution in [0.3, 0.4) is 0 Å². The number of halogens is 1. The second kappa shape index (κ2) is 5.18. The highest BCUT2D eigenvalue weighted by Gasteiger charge is 2.11. The van der Waals surface area contributed by atoms with Gasteiger partial charge in [0, 0.05) is 17.6 Å². The molecule has 1 rings (SSSR count). The predicted molar refractivity (Wildman–Crippen MR) is 67.0 cm³/mol. The van der Waals surface area contributed by atoms with Crippen molar-refractivity contribution in [2.75, 3.05) is 11.9 Å². The van der Waals surface area contributed by atoms with Crippen LogP contribution in [0.1, 0.15) is 18.9 Å². The third-order valence-electron chi connectivity index (χ3n) is 2.53. The van der Waals surface area contributed by atoms with E-state index < -0.39 is 0 Å². The largest absolute Gasteiger partial charge is 0.370 e. The van der Waals surface area contributed by atoms with Gasteiger partial charge in [0.2, 0.25) is 0 Å². The number of hydrogen-bond acceptors (Lipinski definition) is 2. The molecule has 0 radical (unpaired) electrons. The van der Waals surface area contributed by atoms with Gasteiger partial charge < -0.3 is 4.90 Å². The monoisotopic (exact) mass is 266 g/mol. The summed E-state index contributed by atoms with van der Waals surface area (Å²) in [5.41, 5.74) is 2.36. The highest BCUT2D eigenvalue weighted by Crippen LogP contribution is 2.28. The third kappa shape index (κ3) is 2.97. The number of hydrogen-bond donors (Lipinski definition) is 0. The van der Waals surface area contributed by atoms with Crippen LogP contribution >= 0.6 is 15.9 Å². The zero-order chi connectivity index (χ0) is 11.4. The first-order valence-corrected chi connectivity index (χ1v) is 5.71. The average molecular weight is 267 g/mol. The summed E-state index contributed by atoms with van der Waals surface area (Å²) in [6.07, 6.45) is 0.539. The molecule has 0 spiro atoms. The number of anilines is 1. The van der Waals surface area contributed by atoms with Crippen LogP contribution in [0.5, 0.6) is 0 Å². The van der Waals surface area contributed by atoms with Gasteiger partial charge in [0.05, 0.1) is 18.2 Å². The van der Waals surface area contributed by atoms with Crippen molar-refractivity contribution >= 4 is 21.6 Å². The summed E-state index contributed by atoms with van der Waals surface area (Å²) >= 11 is 3.54. The van der Waals surface area contributed by atoms with Crippen LogP contribution in [0.25, 0.3) is 0 Å². The number of nitriles is 1. The molecule has 2 nitrogen and oxygen atoms in total. The maximum Gasteiger partial charge on any atom is 0.0643 e. The van der Waals surface area contributed by atoms with Gasteiger partial charge in [-0.05, 0) is 47.5 Å². The van der Waals surface area contributed by atoms with E-state index in [1.54, 1.807) is 0 Å². The lowest BCUT2D eigenvalue weighted by atomic mass is 10.1. The van der Waals surface area contributed by atoms with Crippen LogP contribution in [0.15, 0.2) is 22.7 Å². The van der Waals surface area contributed by atoms with Gasteiger partial charge in [0.15, 0.2) is 0 Å². The van der Waals surface area contributed by atoms with Crippen LogP contribution in [0.2, 0.25) is 0 Å². The molecule has 0 heterocycles. The summed E-state index contributed by atoms with van der Waals surface area (Å²) in [5, 5.41) is 8.66. The SMILES string of the molecule is Cc1ccc(N(C)C(C)CC#N)c(Br)c1. The quantitative estimate of drug-likeness (QED) is 0.838. The maximum atomic E-state index is 8.66. The summed E-state index contributed by atoms with van der Waals surface area (Å²) in [6, 6.07) is 8.67. The highest BCUT2D eigenvalue weighted by atomic mass is 79.9. The first-order chi connectivity index (χ1) is 7.06. The van der Waals surface area contributed by atoms with E-state index in [9.17, 15) is 0 Å². The third-order valence-corrected chi connectivity index (χ3v) is 3.17. The van der Waals surface area contributed by atoms with Gasteiger partial charge in [0.25, 0.3) is 0 Å². The fraction of sp³-hybridized carbons (Fsp3) is 0.417. The van der Waals surface area contributed by atoms with E-state index in [0.717, 1.165) is 10.2 Å². The van der Waals surface area contributed by atoms with Crippen LogP contribution in [0.4, 0.5) is 5.69 Å². The molecule has 0 aliphatic carbocycles. The smallest absolute Gasteiger partial charge is 0.0643 e. The summed E-state index contributed by atoms with van der Waals surface area (Å²) in [7, 11) is 2.01. The van der Waals surface area contributed by atoms with Gasteiger partial charge in [-0.25, -0.2) is 0 Å². The fourth-order valence-electron chi connectivity index (χ4n) is 1.40. The van der Waals surface area contributed by atoms with Crippen molar-refractivity contribution in [1.29, 1.82) is 5.26 Å². The fourth-order valence-corrected chi connectivity index (χ4v) is 2.18. The van der Waals surface area contributed by atoms with Crippen molar-refractivity contribution in [3.8, 4) is 6.07 Å². The molecule has 0 aliphatic rings. The number of aryl methyl sites for hydroxylation is 1. The molecule has 1 atom stereocenters. The highest BCUT2D eigenvalue weighted by molar-refractivity contribution is 9.10. The van der Waals surface area contributed by atoms with Crippen molar-refractivity contribution in [2.45, 2.75) is 26.3 Å². The molecule has 0 amide bonds. The van der Waals surface area contributed by atoms with Crippen LogP contribution in [0, 0.1) is 18.3 Å². The normalized spacial score (nSPS) is 11.9. The topological polar surface area (TPSA) is 27.0 Å². The van der Waals surface area contributed by atoms with E-state index in [2.05, 4.69) is 58.9 Å². The zero-order valence-corrected chi connectivity index (χ0v) is 10.9. The average Bonchev–Trinajstić information content (AvgIpc) is 2.17. The molecule has 1 unspecified atom stereocenters. The predicted octanol–water partition coefficient (Wildman–Crippen LogP) is 3.50. The first-order valence-electron chi connectivity index (χ1n) is 4.92. The molecule has 80 valence electrons. The Morgan fingerprint density at radius 3 is 2.73 bits per heavy atom. The van der Waals surface area contributed by atoms with Gasteiger partial charge in [0.1, 0.15) is 0 Å². The summed E-state index contributed by atoms with van der Waals surface area (Å²) in [5.74, 6) is 0. The minimum atomic E-state index is 0.231. The van der Waals surface area contributed by atoms with Crippen molar-refractivity contribution in [3.05, 3.63) is 28.2 Å². The van der Waals surface area contributed by atoms with Crippen LogP contribution in [-0.2, 0) is 0 Å². The van der Waals surface area contributed by atoms with E-state index in [1.807, 2.05) is 7.05 Å². The Bertz CT molecular complexity index is 382. The van der Waals surface area contributed by atoms with Gasteiger partial charge in [-0.1, -0.05) is 6.07 Å². The van der Waals surface area contributed by atoms with Gasteiger partial charge >= 0.3 is 0 Å². The molecule has 0 N–H and O–H groups in total. The maximum absolute atomic E-state index is 8.66. The molecule has 0 aromatic heterocycles. The van der Waals surface area contributed by atoms with Crippen molar-refractivity contribution in [3.63, 3.8) is 0 Å². The molecule has 0 aliphatic heterocycles. The number of nitrogens with zero attached hydrogens (tertiary/aromatic N) is 2. The standard InChI is InChI=1S/C12H15BrN2/c1-9-4-5-12(11(13)8-9)15(3)10(2)6-7-14/h4-5,8,10H,6H2,1-3H3. The Balaban J connectivity index is 2.91. The Kier molecular flexibility index (Phi) is 4.16. The van der Waals surface area contributed by atoms with Crippen molar-refractivity contribution < 1.29 is 0 Å². The lowest BCUT2D eigenvalue weighted by Gasteiger charge is -2.26. The Morgan fingerprint density at radius 2 is 2.20 bits per heavy atom. The summed E-state index contributed by atoms with van der Waals surface area (Å²) < 4.78 is 1.08. The van der Waals surface area contributed by atoms with Crippen LogP contribution in [-0.4, -0.2) is 13.1 Å². The van der Waals surface area contributed by atoms with E-state index in [0.29, 0.717) is 6.42 Å². The van der Waals surface area contributed by atoms with Gasteiger partial charge in [-0.3, -0.25) is 0 Å². The van der Waals surface area contributed by atoms with Gasteiger partial charge in [-0.2, -0.15) is 5.26 Å². The molecule has 3 heteroatoms. The van der Waals surface area contributed by atoms with Crippen LogP contribution < -0.4 is 4.90 Å². The molecule has 15 heavy (non-hydrogen) atoms. The second-order valence-corrected chi connectivity index (χ2v) is 4.63. The number of benzene rings is 1. The molecular weight excluding hydrogens is 252 g/mol.